The van der Waals surface area contributed by atoms with Crippen molar-refractivity contribution < 1.29 is 0 Å². The van der Waals surface area contributed by atoms with Crippen molar-refractivity contribution in [3.8, 4) is 11.3 Å². The van der Waals surface area contributed by atoms with Gasteiger partial charge in [-0.1, -0.05) is 18.2 Å². The third-order valence-corrected chi connectivity index (χ3v) is 7.29. The summed E-state index contributed by atoms with van der Waals surface area (Å²) < 4.78 is 3.99. The first kappa shape index (κ1) is 11.9. The van der Waals surface area contributed by atoms with E-state index in [1.165, 1.54) is 52.0 Å². The summed E-state index contributed by atoms with van der Waals surface area (Å²) in [6, 6.07) is 13.2. The predicted molar refractivity (Wildman–Crippen MR) is 104 cm³/mol. The first-order chi connectivity index (χ1) is 11.9. The SMILES string of the molecule is c1cc2c3c(c1)cnc1sc4ccc5sc6ccnc-2c6c5c4c13. The number of thiophene rings is 2. The predicted octanol–water partition coefficient (Wildman–Crippen LogP) is 6.35. The smallest absolute Gasteiger partial charge is 0.125 e. The molecular formula is C20H8N2S2. The van der Waals surface area contributed by atoms with E-state index in [1.54, 1.807) is 11.3 Å². The Morgan fingerprint density at radius 1 is 0.667 bits per heavy atom. The van der Waals surface area contributed by atoms with Crippen molar-refractivity contribution in [1.82, 2.24) is 9.97 Å². The highest BCUT2D eigenvalue weighted by Gasteiger charge is 2.23. The number of rotatable bonds is 0. The molecule has 0 amide bonds. The molecule has 0 bridgehead atoms. The van der Waals surface area contributed by atoms with Crippen molar-refractivity contribution in [1.29, 1.82) is 0 Å². The van der Waals surface area contributed by atoms with Crippen molar-refractivity contribution >= 4 is 73.9 Å². The lowest BCUT2D eigenvalue weighted by Crippen LogP contribution is -1.86. The second-order valence-electron chi connectivity index (χ2n) is 6.26. The minimum absolute atomic E-state index is 1.12. The molecule has 0 unspecified atom stereocenters. The first-order valence-electron chi connectivity index (χ1n) is 7.85. The van der Waals surface area contributed by atoms with Crippen molar-refractivity contribution in [3.63, 3.8) is 0 Å². The van der Waals surface area contributed by atoms with Crippen LogP contribution in [0.15, 0.2) is 48.8 Å². The van der Waals surface area contributed by atoms with E-state index in [0.29, 0.717) is 0 Å². The second kappa shape index (κ2) is 3.74. The molecule has 0 saturated carbocycles. The molecule has 4 heteroatoms. The number of fused-ring (bicyclic) bond motifs is 1. The molecule has 0 N–H and O–H groups in total. The summed E-state index contributed by atoms with van der Waals surface area (Å²) in [6.45, 7) is 0. The van der Waals surface area contributed by atoms with Crippen molar-refractivity contribution in [3.05, 3.63) is 48.8 Å². The Bertz CT molecular complexity index is 1500. The molecule has 110 valence electrons. The Balaban J connectivity index is 2.06. The van der Waals surface area contributed by atoms with E-state index in [0.717, 1.165) is 10.5 Å². The van der Waals surface area contributed by atoms with Gasteiger partial charge in [-0.25, -0.2) is 4.98 Å². The molecule has 4 heterocycles. The van der Waals surface area contributed by atoms with Crippen LogP contribution >= 0.6 is 22.7 Å². The Labute approximate surface area is 144 Å². The van der Waals surface area contributed by atoms with Crippen LogP contribution in [0.2, 0.25) is 0 Å². The molecule has 7 rings (SSSR count). The van der Waals surface area contributed by atoms with Gasteiger partial charge in [-0.05, 0) is 18.2 Å². The lowest BCUT2D eigenvalue weighted by Gasteiger charge is -2.07. The van der Waals surface area contributed by atoms with Gasteiger partial charge in [0, 0.05) is 64.4 Å². The van der Waals surface area contributed by atoms with Crippen molar-refractivity contribution in [2.75, 3.05) is 0 Å². The molecule has 1 aliphatic rings. The normalized spacial score (nSPS) is 13.0. The Kier molecular flexibility index (Phi) is 1.85. The van der Waals surface area contributed by atoms with Gasteiger partial charge in [0.05, 0.1) is 5.69 Å². The molecule has 24 heavy (non-hydrogen) atoms. The van der Waals surface area contributed by atoms with Crippen LogP contribution in [0, 0.1) is 0 Å². The number of nitrogens with zero attached hydrogens (tertiary/aromatic N) is 2. The highest BCUT2D eigenvalue weighted by atomic mass is 32.1. The average molecular weight is 340 g/mol. The zero-order valence-electron chi connectivity index (χ0n) is 12.3. The largest absolute Gasteiger partial charge is 0.255 e. The number of benzene rings is 2. The third kappa shape index (κ3) is 1.16. The number of hydrogen-bond acceptors (Lipinski definition) is 4. The van der Waals surface area contributed by atoms with Crippen LogP contribution in [0.4, 0.5) is 0 Å². The highest BCUT2D eigenvalue weighted by molar-refractivity contribution is 7.28. The minimum Gasteiger partial charge on any atom is -0.255 e. The van der Waals surface area contributed by atoms with E-state index in [2.05, 4.69) is 36.4 Å². The van der Waals surface area contributed by atoms with Gasteiger partial charge in [0.1, 0.15) is 4.83 Å². The molecule has 0 saturated heterocycles. The van der Waals surface area contributed by atoms with E-state index < -0.39 is 0 Å². The molecular weight excluding hydrogens is 332 g/mol. The van der Waals surface area contributed by atoms with E-state index in [9.17, 15) is 0 Å². The van der Waals surface area contributed by atoms with Gasteiger partial charge < -0.3 is 0 Å². The topological polar surface area (TPSA) is 25.8 Å². The molecule has 0 radical (unpaired) electrons. The zero-order valence-corrected chi connectivity index (χ0v) is 14.0. The Morgan fingerprint density at radius 3 is 2.46 bits per heavy atom. The van der Waals surface area contributed by atoms with Crippen molar-refractivity contribution in [2.24, 2.45) is 0 Å². The number of pyridine rings is 2. The molecule has 2 nitrogen and oxygen atoms in total. The first-order valence-corrected chi connectivity index (χ1v) is 9.48. The monoisotopic (exact) mass is 340 g/mol. The quantitative estimate of drug-likeness (QED) is 0.322. The van der Waals surface area contributed by atoms with Crippen LogP contribution in [-0.4, -0.2) is 9.97 Å². The molecule has 0 fully saturated rings. The van der Waals surface area contributed by atoms with Gasteiger partial charge in [0.2, 0.25) is 0 Å². The van der Waals surface area contributed by atoms with Crippen LogP contribution in [0.5, 0.6) is 0 Å². The summed E-state index contributed by atoms with van der Waals surface area (Å²) in [5.74, 6) is 0. The standard InChI is InChI=1S/C20H8N2S2/c1-2-9-8-22-20-18-14(9)10(3-1)19-17-13(6-7-21-19)23-11-4-5-12(24-20)16(18)15(11)17/h1-8H. The van der Waals surface area contributed by atoms with Crippen LogP contribution in [0.25, 0.3) is 62.5 Å². The maximum Gasteiger partial charge on any atom is 0.125 e. The van der Waals surface area contributed by atoms with Gasteiger partial charge in [0.15, 0.2) is 0 Å². The lowest BCUT2D eigenvalue weighted by molar-refractivity contribution is 1.37. The molecule has 0 atom stereocenters. The fourth-order valence-corrected chi connectivity index (χ4v) is 6.36. The van der Waals surface area contributed by atoms with Crippen LogP contribution in [0.1, 0.15) is 0 Å². The van der Waals surface area contributed by atoms with Crippen LogP contribution < -0.4 is 0 Å². The molecule has 0 spiro atoms. The lowest BCUT2D eigenvalue weighted by atomic mass is 10.0. The second-order valence-corrected chi connectivity index (χ2v) is 8.37. The van der Waals surface area contributed by atoms with Crippen molar-refractivity contribution in [2.45, 2.75) is 0 Å². The van der Waals surface area contributed by atoms with Gasteiger partial charge in [-0.2, -0.15) is 0 Å². The minimum atomic E-state index is 1.12. The Morgan fingerprint density at radius 2 is 1.50 bits per heavy atom. The number of hydrogen-bond donors (Lipinski definition) is 0. The van der Waals surface area contributed by atoms with Gasteiger partial charge >= 0.3 is 0 Å². The van der Waals surface area contributed by atoms with E-state index in [1.807, 2.05) is 23.7 Å². The summed E-state index contributed by atoms with van der Waals surface area (Å²) in [5.41, 5.74) is 2.35. The van der Waals surface area contributed by atoms with Crippen LogP contribution in [0.3, 0.4) is 0 Å². The summed E-state index contributed by atoms with van der Waals surface area (Å²) in [6.07, 6.45) is 3.95. The Hall–Kier alpha value is -2.56. The molecule has 0 aliphatic heterocycles. The van der Waals surface area contributed by atoms with Gasteiger partial charge in [-0.15, -0.1) is 22.7 Å². The highest BCUT2D eigenvalue weighted by Crippen LogP contribution is 2.51. The maximum absolute atomic E-state index is 4.80. The van der Waals surface area contributed by atoms with E-state index in [-0.39, 0.29) is 0 Å². The van der Waals surface area contributed by atoms with Gasteiger partial charge in [0.25, 0.3) is 0 Å². The average Bonchev–Trinajstić information content (AvgIpc) is 3.14. The molecule has 2 aromatic carbocycles. The third-order valence-electron chi connectivity index (χ3n) is 5.10. The summed E-state index contributed by atoms with van der Waals surface area (Å²) >= 11 is 3.66. The number of aromatic nitrogens is 2. The van der Waals surface area contributed by atoms with Gasteiger partial charge in [-0.3, -0.25) is 4.98 Å². The maximum atomic E-state index is 4.80. The van der Waals surface area contributed by atoms with E-state index in [4.69, 9.17) is 9.97 Å². The molecule has 1 aliphatic carbocycles. The summed E-state index contributed by atoms with van der Waals surface area (Å²) in [4.78, 5) is 10.7. The summed E-state index contributed by atoms with van der Waals surface area (Å²) in [7, 11) is 0. The van der Waals surface area contributed by atoms with E-state index >= 15 is 0 Å². The fraction of sp³-hybridized carbons (Fsp3) is 0. The molecule has 4 aromatic heterocycles. The van der Waals surface area contributed by atoms with Crippen LogP contribution in [-0.2, 0) is 0 Å². The zero-order chi connectivity index (χ0) is 15.4. The fourth-order valence-electron chi connectivity index (χ4n) is 4.19. The summed E-state index contributed by atoms with van der Waals surface area (Å²) in [5, 5.41) is 7.87. The molecule has 6 aromatic rings.